The van der Waals surface area contributed by atoms with E-state index < -0.39 is 0 Å². The highest BCUT2D eigenvalue weighted by molar-refractivity contribution is 6.32. The van der Waals surface area contributed by atoms with Gasteiger partial charge in [0.25, 0.3) is 0 Å². The van der Waals surface area contributed by atoms with Gasteiger partial charge in [0.1, 0.15) is 22.7 Å². The molecule has 1 N–H and O–H groups in total. The number of benzene rings is 1. The van der Waals surface area contributed by atoms with E-state index in [-0.39, 0.29) is 12.4 Å². The molecule has 0 aliphatic carbocycles. The minimum Gasteiger partial charge on any atom is -0.490 e. The Labute approximate surface area is 152 Å². The summed E-state index contributed by atoms with van der Waals surface area (Å²) < 4.78 is 7.93. The number of hydrogen-bond donors (Lipinski definition) is 1. The van der Waals surface area contributed by atoms with Crippen molar-refractivity contribution in [3.05, 3.63) is 53.9 Å². The first-order valence-corrected chi connectivity index (χ1v) is 8.28. The zero-order valence-electron chi connectivity index (χ0n) is 13.1. The monoisotopic (exact) mass is 363 g/mol. The van der Waals surface area contributed by atoms with Gasteiger partial charge < -0.3 is 10.1 Å². The van der Waals surface area contributed by atoms with Crippen molar-refractivity contribution >= 4 is 29.7 Å². The maximum Gasteiger partial charge on any atom is 0.137 e. The average Bonchev–Trinajstić information content (AvgIpc) is 3.07. The topological polar surface area (TPSA) is 38.6 Å². The molecule has 4 rings (SSSR count). The Morgan fingerprint density at radius 2 is 1.83 bits per heavy atom. The van der Waals surface area contributed by atoms with Gasteiger partial charge >= 0.3 is 0 Å². The van der Waals surface area contributed by atoms with Gasteiger partial charge in [0.15, 0.2) is 0 Å². The van der Waals surface area contributed by atoms with Crippen molar-refractivity contribution in [2.45, 2.75) is 18.9 Å². The Morgan fingerprint density at radius 3 is 2.58 bits per heavy atom. The number of ether oxygens (including phenoxy) is 1. The van der Waals surface area contributed by atoms with Crippen LogP contribution in [0.15, 0.2) is 48.8 Å². The third kappa shape index (κ3) is 3.36. The summed E-state index contributed by atoms with van der Waals surface area (Å²) in [6.45, 7) is 2.06. The maximum atomic E-state index is 6.50. The molecule has 0 unspecified atom stereocenters. The zero-order chi connectivity index (χ0) is 15.6. The summed E-state index contributed by atoms with van der Waals surface area (Å²) in [6, 6.07) is 12.1. The van der Waals surface area contributed by atoms with Crippen LogP contribution in [0.2, 0.25) is 5.15 Å². The number of rotatable bonds is 3. The first kappa shape index (κ1) is 17.1. The van der Waals surface area contributed by atoms with Crippen molar-refractivity contribution in [3.8, 4) is 16.9 Å². The van der Waals surface area contributed by atoms with Gasteiger partial charge in [0.05, 0.1) is 0 Å². The number of halogens is 2. The highest BCUT2D eigenvalue weighted by Gasteiger charge is 2.14. The molecule has 2 aromatic heterocycles. The van der Waals surface area contributed by atoms with E-state index in [9.17, 15) is 0 Å². The fraction of sp³-hybridized carbons (Fsp3) is 0.278. The van der Waals surface area contributed by atoms with E-state index in [0.717, 1.165) is 48.5 Å². The lowest BCUT2D eigenvalue weighted by molar-refractivity contribution is 0.162. The van der Waals surface area contributed by atoms with Crippen LogP contribution in [-0.4, -0.2) is 28.6 Å². The van der Waals surface area contributed by atoms with Crippen LogP contribution in [0, 0.1) is 0 Å². The minimum absolute atomic E-state index is 0. The Hall–Kier alpha value is -1.75. The number of aromatic nitrogens is 2. The van der Waals surface area contributed by atoms with Gasteiger partial charge in [-0.1, -0.05) is 23.7 Å². The van der Waals surface area contributed by atoms with Crippen molar-refractivity contribution in [1.29, 1.82) is 0 Å². The SMILES string of the molecule is Cl.Clc1c(-c2ccc(OC3CCNCC3)cc2)ccc2nccn12. The van der Waals surface area contributed by atoms with Crippen LogP contribution in [0.3, 0.4) is 0 Å². The first-order chi connectivity index (χ1) is 11.3. The van der Waals surface area contributed by atoms with Gasteiger partial charge in [0.2, 0.25) is 0 Å². The van der Waals surface area contributed by atoms with Crippen LogP contribution in [0.4, 0.5) is 0 Å². The maximum absolute atomic E-state index is 6.50. The van der Waals surface area contributed by atoms with Crippen LogP contribution in [0.5, 0.6) is 5.75 Å². The molecule has 1 aliphatic rings. The van der Waals surface area contributed by atoms with E-state index in [1.165, 1.54) is 0 Å². The molecule has 3 heterocycles. The first-order valence-electron chi connectivity index (χ1n) is 7.91. The van der Waals surface area contributed by atoms with Gasteiger partial charge in [-0.15, -0.1) is 12.4 Å². The van der Waals surface area contributed by atoms with Gasteiger partial charge in [-0.3, -0.25) is 4.40 Å². The molecule has 1 fully saturated rings. The summed E-state index contributed by atoms with van der Waals surface area (Å²) >= 11 is 6.50. The predicted octanol–water partition coefficient (Wildman–Crippen LogP) is 4.21. The third-order valence-corrected chi connectivity index (χ3v) is 4.64. The molecule has 1 aliphatic heterocycles. The second-order valence-corrected chi connectivity index (χ2v) is 6.14. The number of hydrogen-bond acceptors (Lipinski definition) is 3. The standard InChI is InChI=1S/C18H18ClN3O.ClH/c19-18-16(5-6-17-21-11-12-22(17)18)13-1-3-14(4-2-13)23-15-7-9-20-10-8-15;/h1-6,11-12,15,20H,7-10H2;1H. The lowest BCUT2D eigenvalue weighted by Crippen LogP contribution is -2.34. The second-order valence-electron chi connectivity index (χ2n) is 5.78. The van der Waals surface area contributed by atoms with Crippen molar-refractivity contribution < 1.29 is 4.74 Å². The van der Waals surface area contributed by atoms with Crippen molar-refractivity contribution in [1.82, 2.24) is 14.7 Å². The molecule has 4 nitrogen and oxygen atoms in total. The van der Waals surface area contributed by atoms with E-state index in [1.54, 1.807) is 6.20 Å². The predicted molar refractivity (Wildman–Crippen MR) is 99.4 cm³/mol. The number of fused-ring (bicyclic) bond motifs is 1. The number of nitrogens with zero attached hydrogens (tertiary/aromatic N) is 2. The van der Waals surface area contributed by atoms with Crippen LogP contribution in [0.1, 0.15) is 12.8 Å². The highest BCUT2D eigenvalue weighted by atomic mass is 35.5. The van der Waals surface area contributed by atoms with Gasteiger partial charge in [-0.25, -0.2) is 4.98 Å². The molecule has 1 saturated heterocycles. The number of piperidine rings is 1. The number of pyridine rings is 1. The number of nitrogens with one attached hydrogen (secondary N) is 1. The van der Waals surface area contributed by atoms with E-state index in [0.29, 0.717) is 11.3 Å². The molecule has 24 heavy (non-hydrogen) atoms. The van der Waals surface area contributed by atoms with Crippen molar-refractivity contribution in [2.24, 2.45) is 0 Å². The normalized spacial score (nSPS) is 15.2. The van der Waals surface area contributed by atoms with E-state index >= 15 is 0 Å². The molecular formula is C18H19Cl2N3O. The van der Waals surface area contributed by atoms with E-state index in [4.69, 9.17) is 16.3 Å². The van der Waals surface area contributed by atoms with Crippen LogP contribution in [0.25, 0.3) is 16.8 Å². The van der Waals surface area contributed by atoms with Crippen molar-refractivity contribution in [3.63, 3.8) is 0 Å². The summed E-state index contributed by atoms with van der Waals surface area (Å²) in [5.74, 6) is 0.917. The average molecular weight is 364 g/mol. The lowest BCUT2D eigenvalue weighted by atomic mass is 10.1. The lowest BCUT2D eigenvalue weighted by Gasteiger charge is -2.23. The van der Waals surface area contributed by atoms with Crippen LogP contribution in [-0.2, 0) is 0 Å². The smallest absolute Gasteiger partial charge is 0.137 e. The largest absolute Gasteiger partial charge is 0.490 e. The molecule has 3 aromatic rings. The Bertz CT molecular complexity index is 811. The molecule has 0 amide bonds. The van der Waals surface area contributed by atoms with Crippen molar-refractivity contribution in [2.75, 3.05) is 13.1 Å². The minimum atomic E-state index is 0. The molecule has 0 bridgehead atoms. The Kier molecular flexibility index (Phi) is 5.29. The Morgan fingerprint density at radius 1 is 1.08 bits per heavy atom. The molecule has 0 atom stereocenters. The molecule has 1 aromatic carbocycles. The van der Waals surface area contributed by atoms with Gasteiger partial charge in [-0.2, -0.15) is 0 Å². The fourth-order valence-electron chi connectivity index (χ4n) is 2.99. The molecule has 6 heteroatoms. The number of imidazole rings is 1. The molecule has 0 radical (unpaired) electrons. The van der Waals surface area contributed by atoms with Gasteiger partial charge in [-0.05, 0) is 55.8 Å². The summed E-state index contributed by atoms with van der Waals surface area (Å²) in [5, 5.41) is 4.02. The quantitative estimate of drug-likeness (QED) is 0.708. The summed E-state index contributed by atoms with van der Waals surface area (Å²) in [4.78, 5) is 4.25. The zero-order valence-corrected chi connectivity index (χ0v) is 14.7. The summed E-state index contributed by atoms with van der Waals surface area (Å²) in [7, 11) is 0. The second kappa shape index (κ2) is 7.43. The summed E-state index contributed by atoms with van der Waals surface area (Å²) in [6.07, 6.45) is 6.06. The third-order valence-electron chi connectivity index (χ3n) is 4.26. The molecular weight excluding hydrogens is 345 g/mol. The van der Waals surface area contributed by atoms with Crippen LogP contribution >= 0.6 is 24.0 Å². The highest BCUT2D eigenvalue weighted by Crippen LogP contribution is 2.30. The van der Waals surface area contributed by atoms with E-state index in [2.05, 4.69) is 22.4 Å². The molecule has 0 saturated carbocycles. The Balaban J connectivity index is 0.00000169. The molecule has 0 spiro atoms. The fourth-order valence-corrected chi connectivity index (χ4v) is 3.31. The van der Waals surface area contributed by atoms with Gasteiger partial charge in [0, 0.05) is 18.0 Å². The molecule has 126 valence electrons. The summed E-state index contributed by atoms with van der Waals surface area (Å²) in [5.41, 5.74) is 2.92. The van der Waals surface area contributed by atoms with E-state index in [1.807, 2.05) is 34.9 Å². The van der Waals surface area contributed by atoms with Crippen LogP contribution < -0.4 is 10.1 Å².